The van der Waals surface area contributed by atoms with E-state index in [9.17, 15) is 4.39 Å². The molecule has 1 heterocycles. The highest BCUT2D eigenvalue weighted by atomic mass is 19.1. The van der Waals surface area contributed by atoms with E-state index in [4.69, 9.17) is 5.73 Å². The van der Waals surface area contributed by atoms with Gasteiger partial charge in [0.25, 0.3) is 0 Å². The van der Waals surface area contributed by atoms with E-state index >= 15 is 0 Å². The molecule has 0 spiro atoms. The topological polar surface area (TPSA) is 50.9 Å². The molecule has 0 saturated carbocycles. The molecule has 0 radical (unpaired) electrons. The van der Waals surface area contributed by atoms with E-state index in [-0.39, 0.29) is 11.9 Å². The Bertz CT molecular complexity index is 525. The van der Waals surface area contributed by atoms with Crippen LogP contribution in [-0.2, 0) is 0 Å². The van der Waals surface area contributed by atoms with Crippen LogP contribution < -0.4 is 11.1 Å². The van der Waals surface area contributed by atoms with E-state index in [0.717, 1.165) is 24.1 Å². The molecule has 1 unspecified atom stereocenters. The SMILES string of the molecule is CCCNC(c1ccc(F)cc1)c1cccnc1N. The molecule has 19 heavy (non-hydrogen) atoms. The summed E-state index contributed by atoms with van der Waals surface area (Å²) < 4.78 is 13.0. The summed E-state index contributed by atoms with van der Waals surface area (Å²) in [6, 6.07) is 10.2. The summed E-state index contributed by atoms with van der Waals surface area (Å²) in [4.78, 5) is 4.11. The smallest absolute Gasteiger partial charge is 0.128 e. The molecule has 0 aliphatic heterocycles. The Labute approximate surface area is 112 Å². The summed E-state index contributed by atoms with van der Waals surface area (Å²) in [7, 11) is 0. The summed E-state index contributed by atoms with van der Waals surface area (Å²) in [5.74, 6) is 0.262. The zero-order chi connectivity index (χ0) is 13.7. The molecule has 1 atom stereocenters. The van der Waals surface area contributed by atoms with Crippen molar-refractivity contribution in [1.82, 2.24) is 10.3 Å². The minimum atomic E-state index is -0.239. The molecule has 1 aromatic heterocycles. The lowest BCUT2D eigenvalue weighted by atomic mass is 9.99. The second-order valence-corrected chi connectivity index (χ2v) is 4.42. The van der Waals surface area contributed by atoms with Gasteiger partial charge in [0.05, 0.1) is 6.04 Å². The molecule has 3 N–H and O–H groups in total. The number of nitrogens with zero attached hydrogens (tertiary/aromatic N) is 1. The molecular weight excluding hydrogens is 241 g/mol. The van der Waals surface area contributed by atoms with Gasteiger partial charge in [0.2, 0.25) is 0 Å². The number of anilines is 1. The van der Waals surface area contributed by atoms with Gasteiger partial charge in [-0.1, -0.05) is 25.1 Å². The molecular formula is C15H18FN3. The van der Waals surface area contributed by atoms with Gasteiger partial charge in [-0.3, -0.25) is 0 Å². The third kappa shape index (κ3) is 3.29. The Morgan fingerprint density at radius 3 is 2.63 bits per heavy atom. The number of aromatic nitrogens is 1. The van der Waals surface area contributed by atoms with Crippen LogP contribution in [0.3, 0.4) is 0 Å². The summed E-state index contributed by atoms with van der Waals surface area (Å²) in [5, 5.41) is 3.42. The van der Waals surface area contributed by atoms with Crippen molar-refractivity contribution in [2.75, 3.05) is 12.3 Å². The lowest BCUT2D eigenvalue weighted by molar-refractivity contribution is 0.593. The summed E-state index contributed by atoms with van der Waals surface area (Å²) >= 11 is 0. The molecule has 4 heteroatoms. The first-order valence-corrected chi connectivity index (χ1v) is 6.41. The predicted molar refractivity (Wildman–Crippen MR) is 75.2 cm³/mol. The second-order valence-electron chi connectivity index (χ2n) is 4.42. The molecule has 0 bridgehead atoms. The van der Waals surface area contributed by atoms with Crippen molar-refractivity contribution >= 4 is 5.82 Å². The van der Waals surface area contributed by atoms with Crippen LogP contribution in [-0.4, -0.2) is 11.5 Å². The lowest BCUT2D eigenvalue weighted by Gasteiger charge is -2.20. The van der Waals surface area contributed by atoms with Crippen molar-refractivity contribution in [3.8, 4) is 0 Å². The number of pyridine rings is 1. The molecule has 0 amide bonds. The second kappa shape index (κ2) is 6.29. The highest BCUT2D eigenvalue weighted by Crippen LogP contribution is 2.25. The number of nitrogen functional groups attached to an aromatic ring is 1. The fourth-order valence-corrected chi connectivity index (χ4v) is 2.03. The maximum Gasteiger partial charge on any atom is 0.128 e. The fraction of sp³-hybridized carbons (Fsp3) is 0.267. The van der Waals surface area contributed by atoms with Crippen molar-refractivity contribution in [3.63, 3.8) is 0 Å². The van der Waals surface area contributed by atoms with E-state index in [1.54, 1.807) is 18.3 Å². The lowest BCUT2D eigenvalue weighted by Crippen LogP contribution is -2.24. The van der Waals surface area contributed by atoms with Gasteiger partial charge in [-0.05, 0) is 36.7 Å². The zero-order valence-electron chi connectivity index (χ0n) is 10.9. The molecule has 3 nitrogen and oxygen atoms in total. The Hall–Kier alpha value is -1.94. The average Bonchev–Trinajstić information content (AvgIpc) is 2.43. The van der Waals surface area contributed by atoms with E-state index in [2.05, 4.69) is 17.2 Å². The summed E-state index contributed by atoms with van der Waals surface area (Å²) in [6.45, 7) is 2.96. The molecule has 2 aromatic rings. The van der Waals surface area contributed by atoms with Gasteiger partial charge in [0, 0.05) is 11.8 Å². The third-order valence-corrected chi connectivity index (χ3v) is 2.98. The van der Waals surface area contributed by atoms with E-state index < -0.39 is 0 Å². The summed E-state index contributed by atoms with van der Waals surface area (Å²) in [5.41, 5.74) is 7.84. The van der Waals surface area contributed by atoms with Crippen LogP contribution in [0.2, 0.25) is 0 Å². The fourth-order valence-electron chi connectivity index (χ4n) is 2.03. The first-order valence-electron chi connectivity index (χ1n) is 6.41. The van der Waals surface area contributed by atoms with Crippen LogP contribution in [0.4, 0.5) is 10.2 Å². The number of rotatable bonds is 5. The Morgan fingerprint density at radius 1 is 1.26 bits per heavy atom. The Balaban J connectivity index is 2.35. The first kappa shape index (κ1) is 13.5. The number of benzene rings is 1. The monoisotopic (exact) mass is 259 g/mol. The molecule has 0 fully saturated rings. The molecule has 0 aliphatic carbocycles. The molecule has 0 aliphatic rings. The van der Waals surface area contributed by atoms with Gasteiger partial charge in [0.1, 0.15) is 11.6 Å². The van der Waals surface area contributed by atoms with Gasteiger partial charge in [-0.15, -0.1) is 0 Å². The highest BCUT2D eigenvalue weighted by molar-refractivity contribution is 5.45. The van der Waals surface area contributed by atoms with Crippen molar-refractivity contribution < 1.29 is 4.39 Å². The van der Waals surface area contributed by atoms with Gasteiger partial charge in [-0.2, -0.15) is 0 Å². The van der Waals surface area contributed by atoms with Crippen molar-refractivity contribution in [1.29, 1.82) is 0 Å². The number of halogens is 1. The van der Waals surface area contributed by atoms with Gasteiger partial charge >= 0.3 is 0 Å². The number of hydrogen-bond acceptors (Lipinski definition) is 3. The minimum absolute atomic E-state index is 0.0609. The van der Waals surface area contributed by atoms with Crippen LogP contribution in [0, 0.1) is 5.82 Å². The highest BCUT2D eigenvalue weighted by Gasteiger charge is 2.16. The molecule has 0 saturated heterocycles. The van der Waals surface area contributed by atoms with Gasteiger partial charge in [0.15, 0.2) is 0 Å². The van der Waals surface area contributed by atoms with Crippen molar-refractivity contribution in [2.24, 2.45) is 0 Å². The molecule has 2 rings (SSSR count). The third-order valence-electron chi connectivity index (χ3n) is 2.98. The number of nitrogens with one attached hydrogen (secondary N) is 1. The standard InChI is InChI=1S/C15H18FN3/c1-2-9-18-14(11-5-7-12(16)8-6-11)13-4-3-10-19-15(13)17/h3-8,10,14,18H,2,9H2,1H3,(H2,17,19). The van der Waals surface area contributed by atoms with E-state index in [0.29, 0.717) is 5.82 Å². The summed E-state index contributed by atoms with van der Waals surface area (Å²) in [6.07, 6.45) is 2.68. The van der Waals surface area contributed by atoms with Crippen LogP contribution in [0.25, 0.3) is 0 Å². The van der Waals surface area contributed by atoms with Crippen LogP contribution in [0.15, 0.2) is 42.6 Å². The van der Waals surface area contributed by atoms with Crippen LogP contribution >= 0.6 is 0 Å². The quantitative estimate of drug-likeness (QED) is 0.868. The number of nitrogens with two attached hydrogens (primary N) is 1. The number of hydrogen-bond donors (Lipinski definition) is 2. The first-order chi connectivity index (χ1) is 9.22. The van der Waals surface area contributed by atoms with Gasteiger partial charge < -0.3 is 11.1 Å². The predicted octanol–water partition coefficient (Wildman–Crippen LogP) is 2.89. The Kier molecular flexibility index (Phi) is 4.47. The van der Waals surface area contributed by atoms with Crippen molar-refractivity contribution in [3.05, 3.63) is 59.5 Å². The Morgan fingerprint density at radius 2 is 2.00 bits per heavy atom. The van der Waals surface area contributed by atoms with Gasteiger partial charge in [-0.25, -0.2) is 9.37 Å². The van der Waals surface area contributed by atoms with Crippen LogP contribution in [0.5, 0.6) is 0 Å². The largest absolute Gasteiger partial charge is 0.383 e. The maximum atomic E-state index is 13.0. The molecule has 1 aromatic carbocycles. The average molecular weight is 259 g/mol. The minimum Gasteiger partial charge on any atom is -0.383 e. The maximum absolute atomic E-state index is 13.0. The zero-order valence-corrected chi connectivity index (χ0v) is 10.9. The van der Waals surface area contributed by atoms with E-state index in [1.165, 1.54) is 12.1 Å². The molecule has 100 valence electrons. The normalized spacial score (nSPS) is 12.3. The van der Waals surface area contributed by atoms with E-state index in [1.807, 2.05) is 12.1 Å². The van der Waals surface area contributed by atoms with Crippen molar-refractivity contribution in [2.45, 2.75) is 19.4 Å². The van der Waals surface area contributed by atoms with Crippen LogP contribution in [0.1, 0.15) is 30.5 Å².